The van der Waals surface area contributed by atoms with Gasteiger partial charge in [-0.15, -0.1) is 0 Å². The SMILES string of the molecule is CC1CCN(C2CCc3ccccc3NC2)CC1C. The van der Waals surface area contributed by atoms with Gasteiger partial charge in [0.1, 0.15) is 0 Å². The first-order chi connectivity index (χ1) is 9.24. The van der Waals surface area contributed by atoms with Crippen molar-refractivity contribution in [3.63, 3.8) is 0 Å². The Bertz CT molecular complexity index is 402. The van der Waals surface area contributed by atoms with E-state index >= 15 is 0 Å². The van der Waals surface area contributed by atoms with E-state index in [-0.39, 0.29) is 0 Å². The monoisotopic (exact) mass is 258 g/mol. The molecule has 2 aliphatic heterocycles. The Morgan fingerprint density at radius 1 is 1.11 bits per heavy atom. The van der Waals surface area contributed by atoms with Crippen LogP contribution in [0.5, 0.6) is 0 Å². The van der Waals surface area contributed by atoms with Crippen LogP contribution in [0.2, 0.25) is 0 Å². The van der Waals surface area contributed by atoms with Crippen molar-refractivity contribution in [2.75, 3.05) is 25.0 Å². The summed E-state index contributed by atoms with van der Waals surface area (Å²) < 4.78 is 0. The lowest BCUT2D eigenvalue weighted by Gasteiger charge is -2.40. The van der Waals surface area contributed by atoms with Crippen molar-refractivity contribution in [1.29, 1.82) is 0 Å². The van der Waals surface area contributed by atoms with Crippen LogP contribution in [-0.4, -0.2) is 30.6 Å². The fourth-order valence-corrected chi connectivity index (χ4v) is 3.50. The summed E-state index contributed by atoms with van der Waals surface area (Å²) in [6, 6.07) is 9.49. The molecular weight excluding hydrogens is 232 g/mol. The lowest BCUT2D eigenvalue weighted by atomic mass is 9.87. The fraction of sp³-hybridized carbons (Fsp3) is 0.647. The summed E-state index contributed by atoms with van der Waals surface area (Å²) in [7, 11) is 0. The molecule has 1 saturated heterocycles. The van der Waals surface area contributed by atoms with Crippen LogP contribution >= 0.6 is 0 Å². The number of rotatable bonds is 1. The molecule has 0 aliphatic carbocycles. The van der Waals surface area contributed by atoms with E-state index in [0.29, 0.717) is 6.04 Å². The molecule has 0 amide bonds. The summed E-state index contributed by atoms with van der Waals surface area (Å²) in [6.45, 7) is 8.50. The van der Waals surface area contributed by atoms with Crippen LogP contribution in [-0.2, 0) is 6.42 Å². The molecule has 3 rings (SSSR count). The van der Waals surface area contributed by atoms with Gasteiger partial charge in [0.05, 0.1) is 0 Å². The number of hydrogen-bond donors (Lipinski definition) is 1. The summed E-state index contributed by atoms with van der Waals surface area (Å²) in [5.74, 6) is 1.74. The minimum Gasteiger partial charge on any atom is -0.383 e. The van der Waals surface area contributed by atoms with Crippen LogP contribution in [0.15, 0.2) is 24.3 Å². The standard InChI is InChI=1S/C17H26N2/c1-13-9-10-19(12-14(13)2)16-8-7-15-5-3-4-6-17(15)18-11-16/h3-6,13-14,16,18H,7-12H2,1-2H3. The summed E-state index contributed by atoms with van der Waals surface area (Å²) in [5, 5.41) is 3.66. The molecule has 2 heterocycles. The molecule has 104 valence electrons. The molecule has 2 aliphatic rings. The number of nitrogens with one attached hydrogen (secondary N) is 1. The van der Waals surface area contributed by atoms with Gasteiger partial charge in [-0.2, -0.15) is 0 Å². The summed E-state index contributed by atoms with van der Waals surface area (Å²) in [4.78, 5) is 2.73. The second-order valence-corrected chi connectivity index (χ2v) is 6.47. The molecule has 0 bridgehead atoms. The molecule has 1 N–H and O–H groups in total. The van der Waals surface area contributed by atoms with Gasteiger partial charge in [-0.05, 0) is 49.3 Å². The van der Waals surface area contributed by atoms with Crippen LogP contribution in [0.25, 0.3) is 0 Å². The fourth-order valence-electron chi connectivity index (χ4n) is 3.50. The van der Waals surface area contributed by atoms with Gasteiger partial charge in [-0.1, -0.05) is 32.0 Å². The zero-order chi connectivity index (χ0) is 13.2. The number of anilines is 1. The molecular formula is C17H26N2. The highest BCUT2D eigenvalue weighted by Crippen LogP contribution is 2.28. The van der Waals surface area contributed by atoms with Crippen LogP contribution < -0.4 is 5.32 Å². The van der Waals surface area contributed by atoms with E-state index in [1.165, 1.54) is 43.6 Å². The summed E-state index contributed by atoms with van der Waals surface area (Å²) in [5.41, 5.74) is 2.84. The molecule has 1 aromatic rings. The second-order valence-electron chi connectivity index (χ2n) is 6.47. The Balaban J connectivity index is 1.65. The first-order valence-electron chi connectivity index (χ1n) is 7.80. The number of aryl methyl sites for hydroxylation is 1. The van der Waals surface area contributed by atoms with Gasteiger partial charge in [0.2, 0.25) is 0 Å². The number of benzene rings is 1. The molecule has 1 aromatic carbocycles. The molecule has 19 heavy (non-hydrogen) atoms. The Hall–Kier alpha value is -1.02. The Kier molecular flexibility index (Phi) is 3.79. The van der Waals surface area contributed by atoms with Crippen LogP contribution in [0.3, 0.4) is 0 Å². The highest BCUT2D eigenvalue weighted by Gasteiger charge is 2.28. The third kappa shape index (κ3) is 2.79. The van der Waals surface area contributed by atoms with Crippen LogP contribution in [0.1, 0.15) is 32.3 Å². The maximum Gasteiger partial charge on any atom is 0.0373 e. The van der Waals surface area contributed by atoms with Gasteiger partial charge in [0.15, 0.2) is 0 Å². The molecule has 2 nitrogen and oxygen atoms in total. The zero-order valence-corrected chi connectivity index (χ0v) is 12.2. The molecule has 0 aromatic heterocycles. The molecule has 0 radical (unpaired) electrons. The normalized spacial score (nSPS) is 32.2. The topological polar surface area (TPSA) is 15.3 Å². The highest BCUT2D eigenvalue weighted by atomic mass is 15.2. The highest BCUT2D eigenvalue weighted by molar-refractivity contribution is 5.52. The lowest BCUT2D eigenvalue weighted by Crippen LogP contribution is -2.47. The van der Waals surface area contributed by atoms with E-state index in [1.807, 2.05) is 0 Å². The van der Waals surface area contributed by atoms with E-state index < -0.39 is 0 Å². The first kappa shape index (κ1) is 13.0. The van der Waals surface area contributed by atoms with E-state index in [1.54, 1.807) is 0 Å². The lowest BCUT2D eigenvalue weighted by molar-refractivity contribution is 0.0969. The van der Waals surface area contributed by atoms with Crippen LogP contribution in [0.4, 0.5) is 5.69 Å². The summed E-state index contributed by atoms with van der Waals surface area (Å²) in [6.07, 6.45) is 3.88. The quantitative estimate of drug-likeness (QED) is 0.830. The van der Waals surface area contributed by atoms with Crippen molar-refractivity contribution in [3.8, 4) is 0 Å². The number of piperidine rings is 1. The number of para-hydroxylation sites is 1. The maximum absolute atomic E-state index is 3.66. The van der Waals surface area contributed by atoms with Gasteiger partial charge in [-0.25, -0.2) is 0 Å². The average molecular weight is 258 g/mol. The van der Waals surface area contributed by atoms with Gasteiger partial charge >= 0.3 is 0 Å². The molecule has 2 heteroatoms. The van der Waals surface area contributed by atoms with Crippen LogP contribution in [0, 0.1) is 11.8 Å². The predicted octanol–water partition coefficient (Wildman–Crippen LogP) is 3.39. The first-order valence-corrected chi connectivity index (χ1v) is 7.80. The number of fused-ring (bicyclic) bond motifs is 1. The van der Waals surface area contributed by atoms with Gasteiger partial charge in [-0.3, -0.25) is 4.90 Å². The van der Waals surface area contributed by atoms with E-state index in [0.717, 1.165) is 18.4 Å². The minimum atomic E-state index is 0.711. The van der Waals surface area contributed by atoms with E-state index in [9.17, 15) is 0 Å². The maximum atomic E-state index is 3.66. The zero-order valence-electron chi connectivity index (χ0n) is 12.2. The molecule has 0 spiro atoms. The number of likely N-dealkylation sites (tertiary alicyclic amines) is 1. The van der Waals surface area contributed by atoms with E-state index in [4.69, 9.17) is 0 Å². The van der Waals surface area contributed by atoms with E-state index in [2.05, 4.69) is 48.3 Å². The average Bonchev–Trinajstić information content (AvgIpc) is 2.64. The van der Waals surface area contributed by atoms with Crippen molar-refractivity contribution in [2.45, 2.75) is 39.2 Å². The summed E-state index contributed by atoms with van der Waals surface area (Å²) >= 11 is 0. The van der Waals surface area contributed by atoms with Gasteiger partial charge in [0.25, 0.3) is 0 Å². The molecule has 1 fully saturated rings. The Morgan fingerprint density at radius 2 is 1.95 bits per heavy atom. The van der Waals surface area contributed by atoms with Gasteiger partial charge < -0.3 is 5.32 Å². The predicted molar refractivity (Wildman–Crippen MR) is 81.6 cm³/mol. The van der Waals surface area contributed by atoms with Crippen molar-refractivity contribution >= 4 is 5.69 Å². The molecule has 0 saturated carbocycles. The third-order valence-corrected chi connectivity index (χ3v) is 5.17. The molecule has 3 atom stereocenters. The van der Waals surface area contributed by atoms with Crippen molar-refractivity contribution in [2.24, 2.45) is 11.8 Å². The van der Waals surface area contributed by atoms with Crippen molar-refractivity contribution in [3.05, 3.63) is 29.8 Å². The molecule has 3 unspecified atom stereocenters. The van der Waals surface area contributed by atoms with Gasteiger partial charge in [0, 0.05) is 24.8 Å². The Morgan fingerprint density at radius 3 is 2.79 bits per heavy atom. The third-order valence-electron chi connectivity index (χ3n) is 5.17. The Labute approximate surface area is 117 Å². The number of nitrogens with zero attached hydrogens (tertiary/aromatic N) is 1. The smallest absolute Gasteiger partial charge is 0.0373 e. The van der Waals surface area contributed by atoms with Crippen molar-refractivity contribution in [1.82, 2.24) is 4.90 Å². The largest absolute Gasteiger partial charge is 0.383 e. The minimum absolute atomic E-state index is 0.711. The van der Waals surface area contributed by atoms with Crippen molar-refractivity contribution < 1.29 is 0 Å². The second kappa shape index (κ2) is 5.54. The number of hydrogen-bond acceptors (Lipinski definition) is 2.